The summed E-state index contributed by atoms with van der Waals surface area (Å²) in [7, 11) is 0. The van der Waals surface area contributed by atoms with Crippen molar-refractivity contribution in [2.45, 2.75) is 12.8 Å². The number of imidazole rings is 1. The second kappa shape index (κ2) is 5.57. The average Bonchev–Trinajstić information content (AvgIpc) is 3.18. The van der Waals surface area contributed by atoms with Crippen LogP contribution in [0.1, 0.15) is 12.2 Å². The summed E-state index contributed by atoms with van der Waals surface area (Å²) in [6, 6.07) is 13.5. The number of rotatable bonds is 4. The number of hydrogen-bond acceptors (Lipinski definition) is 3. The molecule has 2 aromatic carbocycles. The van der Waals surface area contributed by atoms with E-state index >= 15 is 0 Å². The lowest BCUT2D eigenvalue weighted by molar-refractivity contribution is -0.116. The van der Waals surface area contributed by atoms with Crippen molar-refractivity contribution in [3.8, 4) is 0 Å². The second-order valence-electron chi connectivity index (χ2n) is 5.42. The molecule has 0 unspecified atom stereocenters. The summed E-state index contributed by atoms with van der Waals surface area (Å²) >= 11 is 0. The highest BCUT2D eigenvalue weighted by Crippen LogP contribution is 2.17. The molecule has 0 bridgehead atoms. The monoisotopic (exact) mass is 305 g/mol. The average molecular weight is 305 g/mol. The Hall–Kier alpha value is -3.15. The lowest BCUT2D eigenvalue weighted by Gasteiger charge is -2.04. The molecule has 0 fully saturated rings. The van der Waals surface area contributed by atoms with Gasteiger partial charge in [-0.15, -0.1) is 0 Å². The maximum absolute atomic E-state index is 12.1. The van der Waals surface area contributed by atoms with Crippen molar-refractivity contribution in [3.63, 3.8) is 0 Å². The van der Waals surface area contributed by atoms with Gasteiger partial charge >= 0.3 is 0 Å². The number of nitrogens with one attached hydrogen (secondary N) is 3. The van der Waals surface area contributed by atoms with Gasteiger partial charge in [0.15, 0.2) is 0 Å². The van der Waals surface area contributed by atoms with Crippen LogP contribution >= 0.6 is 0 Å². The number of aromatic nitrogens is 4. The van der Waals surface area contributed by atoms with E-state index in [-0.39, 0.29) is 5.91 Å². The Bertz CT molecular complexity index is 952. The molecule has 1 amide bonds. The Balaban J connectivity index is 1.41. The molecule has 0 saturated heterocycles. The number of hydrogen-bond donors (Lipinski definition) is 3. The first kappa shape index (κ1) is 13.5. The van der Waals surface area contributed by atoms with E-state index in [2.05, 4.69) is 25.5 Å². The highest BCUT2D eigenvalue weighted by atomic mass is 16.1. The smallest absolute Gasteiger partial charge is 0.224 e. The van der Waals surface area contributed by atoms with Gasteiger partial charge < -0.3 is 10.3 Å². The minimum absolute atomic E-state index is 0.0377. The van der Waals surface area contributed by atoms with Crippen LogP contribution in [0.4, 0.5) is 5.69 Å². The van der Waals surface area contributed by atoms with Crippen LogP contribution in [0.2, 0.25) is 0 Å². The molecule has 0 saturated carbocycles. The SMILES string of the molecule is O=C(CCc1nc2ccccc2[nH]1)Nc1ccc2cn[nH]c2c1. The van der Waals surface area contributed by atoms with E-state index in [1.807, 2.05) is 42.5 Å². The van der Waals surface area contributed by atoms with E-state index in [0.29, 0.717) is 12.8 Å². The zero-order valence-corrected chi connectivity index (χ0v) is 12.3. The van der Waals surface area contributed by atoms with Gasteiger partial charge in [0, 0.05) is 23.9 Å². The lowest BCUT2D eigenvalue weighted by atomic mass is 10.2. The van der Waals surface area contributed by atoms with E-state index in [4.69, 9.17) is 0 Å². The van der Waals surface area contributed by atoms with Crippen LogP contribution < -0.4 is 5.32 Å². The molecule has 0 aliphatic rings. The van der Waals surface area contributed by atoms with E-state index in [1.165, 1.54) is 0 Å². The first-order valence-electron chi connectivity index (χ1n) is 7.44. The van der Waals surface area contributed by atoms with Crippen molar-refractivity contribution in [1.29, 1.82) is 0 Å². The highest BCUT2D eigenvalue weighted by Gasteiger charge is 2.07. The number of carbonyl (C=O) groups excluding carboxylic acids is 1. The van der Waals surface area contributed by atoms with Crippen LogP contribution in [-0.4, -0.2) is 26.1 Å². The number of amides is 1. The van der Waals surface area contributed by atoms with Gasteiger partial charge in [-0.25, -0.2) is 4.98 Å². The lowest BCUT2D eigenvalue weighted by Crippen LogP contribution is -2.12. The van der Waals surface area contributed by atoms with Crippen LogP contribution in [0.25, 0.3) is 21.9 Å². The molecule has 3 N–H and O–H groups in total. The molecule has 114 valence electrons. The van der Waals surface area contributed by atoms with Crippen molar-refractivity contribution in [1.82, 2.24) is 20.2 Å². The minimum atomic E-state index is -0.0377. The number of benzene rings is 2. The predicted octanol–water partition coefficient (Wildman–Crippen LogP) is 3.01. The minimum Gasteiger partial charge on any atom is -0.342 e. The zero-order chi connectivity index (χ0) is 15.6. The summed E-state index contributed by atoms with van der Waals surface area (Å²) in [5, 5.41) is 10.8. The van der Waals surface area contributed by atoms with Crippen molar-refractivity contribution < 1.29 is 4.79 Å². The van der Waals surface area contributed by atoms with Crippen LogP contribution in [0.3, 0.4) is 0 Å². The van der Waals surface area contributed by atoms with E-state index in [1.54, 1.807) is 6.20 Å². The van der Waals surface area contributed by atoms with Gasteiger partial charge in [0.1, 0.15) is 5.82 Å². The molecule has 6 heteroatoms. The second-order valence-corrected chi connectivity index (χ2v) is 5.42. The number of aryl methyl sites for hydroxylation is 1. The van der Waals surface area contributed by atoms with Gasteiger partial charge in [-0.3, -0.25) is 9.89 Å². The van der Waals surface area contributed by atoms with Crippen molar-refractivity contribution in [3.05, 3.63) is 54.5 Å². The molecular formula is C17H15N5O. The number of nitrogens with zero attached hydrogens (tertiary/aromatic N) is 2. The zero-order valence-electron chi connectivity index (χ0n) is 12.3. The molecule has 6 nitrogen and oxygen atoms in total. The number of anilines is 1. The summed E-state index contributed by atoms with van der Waals surface area (Å²) in [5.41, 5.74) is 3.58. The topological polar surface area (TPSA) is 86.5 Å². The summed E-state index contributed by atoms with van der Waals surface area (Å²) in [6.07, 6.45) is 2.70. The Kier molecular flexibility index (Phi) is 3.27. The van der Waals surface area contributed by atoms with E-state index in [9.17, 15) is 4.79 Å². The quantitative estimate of drug-likeness (QED) is 0.541. The fourth-order valence-electron chi connectivity index (χ4n) is 2.59. The van der Waals surface area contributed by atoms with Gasteiger partial charge in [-0.2, -0.15) is 5.10 Å². The molecule has 0 aliphatic carbocycles. The number of H-pyrrole nitrogens is 2. The number of fused-ring (bicyclic) bond motifs is 2. The highest BCUT2D eigenvalue weighted by molar-refractivity contribution is 5.93. The van der Waals surface area contributed by atoms with Gasteiger partial charge in [-0.05, 0) is 30.3 Å². The molecule has 2 aromatic heterocycles. The maximum atomic E-state index is 12.1. The summed E-state index contributed by atoms with van der Waals surface area (Å²) in [5.74, 6) is 0.787. The molecule has 4 rings (SSSR count). The normalized spacial score (nSPS) is 11.1. The largest absolute Gasteiger partial charge is 0.342 e. The molecule has 2 heterocycles. The van der Waals surface area contributed by atoms with Crippen LogP contribution in [0.5, 0.6) is 0 Å². The Morgan fingerprint density at radius 1 is 1.13 bits per heavy atom. The van der Waals surface area contributed by atoms with Crippen molar-refractivity contribution in [2.75, 3.05) is 5.32 Å². The van der Waals surface area contributed by atoms with Gasteiger partial charge in [-0.1, -0.05) is 12.1 Å². The van der Waals surface area contributed by atoms with Gasteiger partial charge in [0.05, 0.1) is 22.7 Å². The molecule has 0 aliphatic heterocycles. The predicted molar refractivity (Wildman–Crippen MR) is 89.1 cm³/mol. The fraction of sp³-hybridized carbons (Fsp3) is 0.118. The Labute approximate surface area is 131 Å². The van der Waals surface area contributed by atoms with Crippen molar-refractivity contribution in [2.24, 2.45) is 0 Å². The molecule has 0 radical (unpaired) electrons. The van der Waals surface area contributed by atoms with Gasteiger partial charge in [0.25, 0.3) is 0 Å². The molecular weight excluding hydrogens is 290 g/mol. The Morgan fingerprint density at radius 2 is 2.04 bits per heavy atom. The third-order valence-electron chi connectivity index (χ3n) is 3.75. The van der Waals surface area contributed by atoms with Crippen molar-refractivity contribution >= 4 is 33.5 Å². The summed E-state index contributed by atoms with van der Waals surface area (Å²) in [4.78, 5) is 19.8. The first-order valence-corrected chi connectivity index (χ1v) is 7.44. The number of aromatic amines is 2. The van der Waals surface area contributed by atoms with Crippen LogP contribution in [0.15, 0.2) is 48.7 Å². The van der Waals surface area contributed by atoms with E-state index in [0.717, 1.165) is 33.4 Å². The summed E-state index contributed by atoms with van der Waals surface area (Å²) in [6.45, 7) is 0. The first-order chi connectivity index (χ1) is 11.3. The summed E-state index contributed by atoms with van der Waals surface area (Å²) < 4.78 is 0. The molecule has 0 atom stereocenters. The molecule has 4 aromatic rings. The third kappa shape index (κ3) is 2.78. The standard InChI is InChI=1S/C17H15N5O/c23-17(19-12-6-5-11-10-18-22-15(11)9-12)8-7-16-20-13-3-1-2-4-14(13)21-16/h1-6,9-10H,7-8H2,(H,18,22)(H,19,23)(H,20,21). The van der Waals surface area contributed by atoms with Crippen LogP contribution in [-0.2, 0) is 11.2 Å². The van der Waals surface area contributed by atoms with Crippen LogP contribution in [0, 0.1) is 0 Å². The molecule has 0 spiro atoms. The third-order valence-corrected chi connectivity index (χ3v) is 3.75. The number of carbonyl (C=O) groups is 1. The fourth-order valence-corrected chi connectivity index (χ4v) is 2.59. The Morgan fingerprint density at radius 3 is 2.96 bits per heavy atom. The van der Waals surface area contributed by atoms with E-state index < -0.39 is 0 Å². The maximum Gasteiger partial charge on any atom is 0.224 e. The molecule has 23 heavy (non-hydrogen) atoms. The number of para-hydroxylation sites is 2. The van der Waals surface area contributed by atoms with Gasteiger partial charge in [0.2, 0.25) is 5.91 Å².